The van der Waals surface area contributed by atoms with E-state index in [0.717, 1.165) is 5.56 Å². The number of methoxy groups -OCH3 is 3. The lowest BCUT2D eigenvalue weighted by atomic mass is 9.85. The highest BCUT2D eigenvalue weighted by Gasteiger charge is 2.42. The first-order valence-electron chi connectivity index (χ1n) is 8.93. The van der Waals surface area contributed by atoms with E-state index >= 15 is 0 Å². The van der Waals surface area contributed by atoms with Gasteiger partial charge in [0.15, 0.2) is 11.5 Å². The highest BCUT2D eigenvalue weighted by molar-refractivity contribution is 5.76. The van der Waals surface area contributed by atoms with Gasteiger partial charge in [0.2, 0.25) is 11.7 Å². The largest absolute Gasteiger partial charge is 0.493 e. The second-order valence-corrected chi connectivity index (χ2v) is 6.70. The van der Waals surface area contributed by atoms with Gasteiger partial charge in [0.25, 0.3) is 0 Å². The normalized spacial score (nSPS) is 20.1. The minimum Gasteiger partial charge on any atom is -0.493 e. The number of aryl methyl sites for hydroxylation is 1. The molecule has 0 radical (unpaired) electrons. The molecule has 0 heterocycles. The summed E-state index contributed by atoms with van der Waals surface area (Å²) in [6.07, 6.45) is -2.45. The van der Waals surface area contributed by atoms with Crippen molar-refractivity contribution in [2.24, 2.45) is 5.92 Å². The molecule has 1 aliphatic carbocycles. The van der Waals surface area contributed by atoms with Crippen LogP contribution in [0.4, 0.5) is 13.2 Å². The van der Waals surface area contributed by atoms with Crippen molar-refractivity contribution in [1.82, 2.24) is 5.32 Å². The highest BCUT2D eigenvalue weighted by atomic mass is 19.4. The van der Waals surface area contributed by atoms with Crippen LogP contribution in [-0.4, -0.2) is 39.5 Å². The molecule has 2 atom stereocenters. The predicted octanol–water partition coefficient (Wildman–Crippen LogP) is 3.88. The summed E-state index contributed by atoms with van der Waals surface area (Å²) in [6, 6.07) is 3.10. The summed E-state index contributed by atoms with van der Waals surface area (Å²) in [7, 11) is 4.52. The van der Waals surface area contributed by atoms with Crippen LogP contribution >= 0.6 is 0 Å². The number of nitrogens with one attached hydrogen (secondary N) is 1. The lowest BCUT2D eigenvalue weighted by Crippen LogP contribution is -2.41. The lowest BCUT2D eigenvalue weighted by Gasteiger charge is -2.31. The van der Waals surface area contributed by atoms with E-state index in [1.165, 1.54) is 21.3 Å². The van der Waals surface area contributed by atoms with Crippen LogP contribution in [-0.2, 0) is 11.2 Å². The van der Waals surface area contributed by atoms with E-state index in [1.54, 1.807) is 12.1 Å². The third-order valence-corrected chi connectivity index (χ3v) is 4.87. The first kappa shape index (κ1) is 21.2. The summed E-state index contributed by atoms with van der Waals surface area (Å²) in [5, 5.41) is 2.74. The number of benzene rings is 1. The van der Waals surface area contributed by atoms with Crippen molar-refractivity contribution in [2.45, 2.75) is 50.7 Å². The molecule has 1 aromatic carbocycles. The summed E-state index contributed by atoms with van der Waals surface area (Å²) in [5.41, 5.74) is 0.816. The zero-order valence-corrected chi connectivity index (χ0v) is 15.8. The van der Waals surface area contributed by atoms with Gasteiger partial charge in [0.05, 0.1) is 27.2 Å². The molecule has 1 amide bonds. The van der Waals surface area contributed by atoms with Gasteiger partial charge in [-0.3, -0.25) is 4.79 Å². The second kappa shape index (κ2) is 9.19. The molecule has 0 saturated heterocycles. The molecule has 2 rings (SSSR count). The van der Waals surface area contributed by atoms with Crippen molar-refractivity contribution in [3.8, 4) is 17.2 Å². The number of alkyl halides is 3. The quantitative estimate of drug-likeness (QED) is 0.769. The van der Waals surface area contributed by atoms with Gasteiger partial charge in [-0.1, -0.05) is 6.42 Å². The van der Waals surface area contributed by atoms with Crippen molar-refractivity contribution in [3.05, 3.63) is 17.7 Å². The Morgan fingerprint density at radius 3 is 2.26 bits per heavy atom. The molecule has 1 N–H and O–H groups in total. The number of rotatable bonds is 7. The Morgan fingerprint density at radius 1 is 1.11 bits per heavy atom. The molecule has 1 aromatic rings. The molecular formula is C19H26F3NO4. The Kier molecular flexibility index (Phi) is 7.21. The molecule has 1 saturated carbocycles. The molecule has 5 nitrogen and oxygen atoms in total. The minimum atomic E-state index is -4.19. The highest BCUT2D eigenvalue weighted by Crippen LogP contribution is 2.39. The molecule has 0 aromatic heterocycles. The molecule has 27 heavy (non-hydrogen) atoms. The Bertz CT molecular complexity index is 623. The number of halogens is 3. The topological polar surface area (TPSA) is 56.8 Å². The van der Waals surface area contributed by atoms with Crippen LogP contribution in [0.3, 0.4) is 0 Å². The standard InChI is InChI=1S/C19H26F3NO4/c1-25-15-9-12(10-16(26-2)18(15)27-3)7-8-17(24)23-14-6-4-5-13(11-14)19(20,21)22/h9-10,13-14H,4-8,11H2,1-3H3,(H,23,24). The van der Waals surface area contributed by atoms with Gasteiger partial charge in [0.1, 0.15) is 0 Å². The van der Waals surface area contributed by atoms with Crippen molar-refractivity contribution >= 4 is 5.91 Å². The molecule has 1 fully saturated rings. The SMILES string of the molecule is COc1cc(CCC(=O)NC2CCCC(C(F)(F)F)C2)cc(OC)c1OC. The van der Waals surface area contributed by atoms with Gasteiger partial charge >= 0.3 is 6.18 Å². The van der Waals surface area contributed by atoms with E-state index in [-0.39, 0.29) is 25.2 Å². The maximum Gasteiger partial charge on any atom is 0.391 e. The third kappa shape index (κ3) is 5.68. The minimum absolute atomic E-state index is 0.0422. The van der Waals surface area contributed by atoms with Gasteiger partial charge in [-0.25, -0.2) is 0 Å². The van der Waals surface area contributed by atoms with Gasteiger partial charge in [0, 0.05) is 12.5 Å². The van der Waals surface area contributed by atoms with Crippen LogP contribution in [0.1, 0.15) is 37.7 Å². The van der Waals surface area contributed by atoms with E-state index in [1.807, 2.05) is 0 Å². The first-order valence-corrected chi connectivity index (χ1v) is 8.93. The number of carbonyl (C=O) groups is 1. The van der Waals surface area contributed by atoms with E-state index in [0.29, 0.717) is 36.5 Å². The number of carbonyl (C=O) groups excluding carboxylic acids is 1. The lowest BCUT2D eigenvalue weighted by molar-refractivity contribution is -0.184. The molecular weight excluding hydrogens is 363 g/mol. The van der Waals surface area contributed by atoms with Crippen LogP contribution in [0.25, 0.3) is 0 Å². The monoisotopic (exact) mass is 389 g/mol. The average molecular weight is 389 g/mol. The fourth-order valence-electron chi connectivity index (χ4n) is 3.46. The zero-order chi connectivity index (χ0) is 20.0. The number of amides is 1. The zero-order valence-electron chi connectivity index (χ0n) is 15.8. The second-order valence-electron chi connectivity index (χ2n) is 6.70. The van der Waals surface area contributed by atoms with E-state index < -0.39 is 18.1 Å². The fraction of sp³-hybridized carbons (Fsp3) is 0.632. The summed E-state index contributed by atoms with van der Waals surface area (Å²) in [6.45, 7) is 0. The van der Waals surface area contributed by atoms with Gasteiger partial charge in [-0.05, 0) is 43.4 Å². The summed E-state index contributed by atoms with van der Waals surface area (Å²) < 4.78 is 54.5. The molecule has 0 spiro atoms. The molecule has 8 heteroatoms. The number of hydrogen-bond donors (Lipinski definition) is 1. The summed E-state index contributed by atoms with van der Waals surface area (Å²) >= 11 is 0. The van der Waals surface area contributed by atoms with Crippen LogP contribution in [0.2, 0.25) is 0 Å². The van der Waals surface area contributed by atoms with Crippen molar-refractivity contribution in [3.63, 3.8) is 0 Å². The molecule has 152 valence electrons. The Labute approximate surface area is 157 Å². The Morgan fingerprint density at radius 2 is 1.74 bits per heavy atom. The third-order valence-electron chi connectivity index (χ3n) is 4.87. The number of ether oxygens (including phenoxy) is 3. The predicted molar refractivity (Wildman–Crippen MR) is 94.4 cm³/mol. The molecule has 2 unspecified atom stereocenters. The Balaban J connectivity index is 1.94. The van der Waals surface area contributed by atoms with Crippen LogP contribution in [0, 0.1) is 5.92 Å². The molecule has 0 bridgehead atoms. The van der Waals surface area contributed by atoms with Crippen molar-refractivity contribution in [2.75, 3.05) is 21.3 Å². The fourth-order valence-corrected chi connectivity index (χ4v) is 3.46. The van der Waals surface area contributed by atoms with Crippen LogP contribution in [0.5, 0.6) is 17.2 Å². The van der Waals surface area contributed by atoms with Crippen molar-refractivity contribution < 1.29 is 32.2 Å². The van der Waals surface area contributed by atoms with E-state index in [9.17, 15) is 18.0 Å². The van der Waals surface area contributed by atoms with Gasteiger partial charge in [-0.15, -0.1) is 0 Å². The molecule has 0 aliphatic heterocycles. The first-order chi connectivity index (χ1) is 12.8. The van der Waals surface area contributed by atoms with Gasteiger partial charge < -0.3 is 19.5 Å². The smallest absolute Gasteiger partial charge is 0.391 e. The maximum atomic E-state index is 12.9. The summed E-state index contributed by atoms with van der Waals surface area (Å²) in [5.74, 6) is -0.128. The van der Waals surface area contributed by atoms with Crippen LogP contribution in [0.15, 0.2) is 12.1 Å². The maximum absolute atomic E-state index is 12.9. The Hall–Kier alpha value is -2.12. The number of hydrogen-bond acceptors (Lipinski definition) is 4. The van der Waals surface area contributed by atoms with Crippen molar-refractivity contribution in [1.29, 1.82) is 0 Å². The van der Waals surface area contributed by atoms with E-state index in [2.05, 4.69) is 5.32 Å². The molecule has 1 aliphatic rings. The van der Waals surface area contributed by atoms with E-state index in [4.69, 9.17) is 14.2 Å². The average Bonchev–Trinajstić information content (AvgIpc) is 2.64. The summed E-state index contributed by atoms with van der Waals surface area (Å²) in [4.78, 5) is 12.2. The van der Waals surface area contributed by atoms with Crippen LogP contribution < -0.4 is 19.5 Å². The van der Waals surface area contributed by atoms with Gasteiger partial charge in [-0.2, -0.15) is 13.2 Å².